The smallest absolute Gasteiger partial charge is 0.317 e. The molecule has 1 heterocycles. The van der Waals surface area contributed by atoms with E-state index in [1.165, 1.54) is 0 Å². The second-order valence-electron chi connectivity index (χ2n) is 6.14. The molecular formula is C16H26N4O3S. The van der Waals surface area contributed by atoms with E-state index in [1.807, 2.05) is 24.1 Å². The van der Waals surface area contributed by atoms with Crippen molar-refractivity contribution in [3.63, 3.8) is 0 Å². The summed E-state index contributed by atoms with van der Waals surface area (Å²) in [5, 5.41) is 17.8. The zero-order valence-corrected chi connectivity index (χ0v) is 15.2. The maximum absolute atomic E-state index is 12.1. The van der Waals surface area contributed by atoms with Gasteiger partial charge in [-0.25, -0.2) is 9.78 Å². The lowest BCUT2D eigenvalue weighted by atomic mass is 9.85. The van der Waals surface area contributed by atoms with Crippen LogP contribution in [-0.4, -0.2) is 52.2 Å². The molecule has 1 aliphatic rings. The highest BCUT2D eigenvalue weighted by Crippen LogP contribution is 2.25. The number of carbonyl (C=O) groups excluding carboxylic acids is 1. The van der Waals surface area contributed by atoms with Gasteiger partial charge in [0.05, 0.1) is 23.3 Å². The van der Waals surface area contributed by atoms with Crippen LogP contribution in [0.15, 0.2) is 5.38 Å². The van der Waals surface area contributed by atoms with Gasteiger partial charge in [-0.2, -0.15) is 0 Å². The van der Waals surface area contributed by atoms with Crippen LogP contribution in [-0.2, 0) is 11.2 Å². The molecule has 0 bridgehead atoms. The molecule has 134 valence electrons. The summed E-state index contributed by atoms with van der Waals surface area (Å²) in [6.45, 7) is 6.70. The normalized spacial score (nSPS) is 21.2. The fraction of sp³-hybridized carbons (Fsp3) is 0.688. The Kier molecular flexibility index (Phi) is 6.56. The van der Waals surface area contributed by atoms with Crippen LogP contribution < -0.4 is 10.6 Å². The Morgan fingerprint density at radius 2 is 2.17 bits per heavy atom. The molecule has 0 saturated heterocycles. The van der Waals surface area contributed by atoms with Crippen molar-refractivity contribution in [3.05, 3.63) is 16.1 Å². The SMILES string of the molecule is CCc1nc(C(C)NC(=O)NC2CC(N(CC)CC(=O)O)C2)cs1. The molecule has 1 aromatic rings. The number of carboxylic acids is 1. The third kappa shape index (κ3) is 4.91. The number of aromatic nitrogens is 1. The average Bonchev–Trinajstić information content (AvgIpc) is 2.97. The fourth-order valence-electron chi connectivity index (χ4n) is 2.86. The molecule has 0 aromatic carbocycles. The highest BCUT2D eigenvalue weighted by atomic mass is 32.1. The highest BCUT2D eigenvalue weighted by molar-refractivity contribution is 7.09. The van der Waals surface area contributed by atoms with Crippen molar-refractivity contribution in [2.75, 3.05) is 13.1 Å². The van der Waals surface area contributed by atoms with Gasteiger partial charge in [-0.3, -0.25) is 9.69 Å². The van der Waals surface area contributed by atoms with Gasteiger partial charge in [0.2, 0.25) is 0 Å². The Bertz CT molecular complexity index is 571. The van der Waals surface area contributed by atoms with Gasteiger partial charge >= 0.3 is 12.0 Å². The molecule has 1 unspecified atom stereocenters. The van der Waals surface area contributed by atoms with Crippen molar-refractivity contribution in [1.82, 2.24) is 20.5 Å². The minimum atomic E-state index is -0.811. The van der Waals surface area contributed by atoms with E-state index in [9.17, 15) is 9.59 Å². The van der Waals surface area contributed by atoms with Crippen LogP contribution in [0, 0.1) is 0 Å². The summed E-state index contributed by atoms with van der Waals surface area (Å²) in [4.78, 5) is 29.3. The maximum Gasteiger partial charge on any atom is 0.317 e. The Hall–Kier alpha value is -1.67. The Morgan fingerprint density at radius 1 is 1.46 bits per heavy atom. The molecule has 2 amide bonds. The fourth-order valence-corrected chi connectivity index (χ4v) is 3.70. The largest absolute Gasteiger partial charge is 0.480 e. The number of hydrogen-bond acceptors (Lipinski definition) is 5. The number of aliphatic carboxylic acids is 1. The van der Waals surface area contributed by atoms with Crippen molar-refractivity contribution >= 4 is 23.3 Å². The third-order valence-electron chi connectivity index (χ3n) is 4.37. The predicted molar refractivity (Wildman–Crippen MR) is 93.3 cm³/mol. The molecule has 24 heavy (non-hydrogen) atoms. The van der Waals surface area contributed by atoms with Gasteiger partial charge in [0.25, 0.3) is 0 Å². The highest BCUT2D eigenvalue weighted by Gasteiger charge is 2.34. The van der Waals surface area contributed by atoms with Crippen LogP contribution in [0.3, 0.4) is 0 Å². The molecule has 1 aromatic heterocycles. The van der Waals surface area contributed by atoms with E-state index in [0.717, 1.165) is 30.0 Å². The molecule has 1 fully saturated rings. The van der Waals surface area contributed by atoms with E-state index in [0.29, 0.717) is 6.54 Å². The molecule has 2 rings (SSSR count). The van der Waals surface area contributed by atoms with Gasteiger partial charge in [0.1, 0.15) is 0 Å². The zero-order chi connectivity index (χ0) is 17.7. The molecule has 7 nitrogen and oxygen atoms in total. The second kappa shape index (κ2) is 8.43. The van der Waals surface area contributed by atoms with E-state index in [-0.39, 0.29) is 30.7 Å². The maximum atomic E-state index is 12.1. The van der Waals surface area contributed by atoms with Crippen molar-refractivity contribution in [2.24, 2.45) is 0 Å². The van der Waals surface area contributed by atoms with Crippen LogP contribution in [0.4, 0.5) is 4.79 Å². The number of carboxylic acid groups (broad SMARTS) is 1. The summed E-state index contributed by atoms with van der Waals surface area (Å²) in [6, 6.07) is 0.0148. The number of carbonyl (C=O) groups is 2. The van der Waals surface area contributed by atoms with Gasteiger partial charge in [-0.05, 0) is 32.7 Å². The molecule has 0 aliphatic heterocycles. The summed E-state index contributed by atoms with van der Waals surface area (Å²) < 4.78 is 0. The number of hydrogen-bond donors (Lipinski definition) is 3. The molecule has 1 atom stereocenters. The van der Waals surface area contributed by atoms with Crippen LogP contribution in [0.25, 0.3) is 0 Å². The molecule has 1 saturated carbocycles. The minimum absolute atomic E-state index is 0.0563. The van der Waals surface area contributed by atoms with Gasteiger partial charge in [-0.15, -0.1) is 11.3 Å². The van der Waals surface area contributed by atoms with Gasteiger partial charge < -0.3 is 15.7 Å². The quantitative estimate of drug-likeness (QED) is 0.664. The molecule has 0 radical (unpaired) electrons. The van der Waals surface area contributed by atoms with Crippen molar-refractivity contribution < 1.29 is 14.7 Å². The summed E-state index contributed by atoms with van der Waals surface area (Å²) >= 11 is 1.61. The van der Waals surface area contributed by atoms with Crippen molar-refractivity contribution in [1.29, 1.82) is 0 Å². The topological polar surface area (TPSA) is 94.6 Å². The number of urea groups is 1. The first kappa shape index (κ1) is 18.7. The molecular weight excluding hydrogens is 328 g/mol. The number of likely N-dealkylation sites (N-methyl/N-ethyl adjacent to an activating group) is 1. The number of thiazole rings is 1. The Balaban J connectivity index is 1.73. The van der Waals surface area contributed by atoms with E-state index >= 15 is 0 Å². The van der Waals surface area contributed by atoms with Gasteiger partial charge in [0.15, 0.2) is 0 Å². The third-order valence-corrected chi connectivity index (χ3v) is 5.38. The second-order valence-corrected chi connectivity index (χ2v) is 7.08. The predicted octanol–water partition coefficient (Wildman–Crippen LogP) is 2.00. The average molecular weight is 354 g/mol. The van der Waals surface area contributed by atoms with E-state index in [2.05, 4.69) is 22.5 Å². The van der Waals surface area contributed by atoms with Crippen LogP contribution >= 0.6 is 11.3 Å². The van der Waals surface area contributed by atoms with Crippen LogP contribution in [0.5, 0.6) is 0 Å². The lowest BCUT2D eigenvalue weighted by Gasteiger charge is -2.42. The van der Waals surface area contributed by atoms with Crippen LogP contribution in [0.2, 0.25) is 0 Å². The first-order valence-electron chi connectivity index (χ1n) is 8.40. The van der Waals surface area contributed by atoms with Gasteiger partial charge in [0, 0.05) is 17.5 Å². The molecule has 3 N–H and O–H groups in total. The van der Waals surface area contributed by atoms with Crippen molar-refractivity contribution in [3.8, 4) is 0 Å². The zero-order valence-electron chi connectivity index (χ0n) is 14.4. The minimum Gasteiger partial charge on any atom is -0.480 e. The molecule has 1 aliphatic carbocycles. The first-order valence-corrected chi connectivity index (χ1v) is 9.28. The number of aryl methyl sites for hydroxylation is 1. The first-order chi connectivity index (χ1) is 11.4. The lowest BCUT2D eigenvalue weighted by molar-refractivity contribution is -0.139. The van der Waals surface area contributed by atoms with E-state index in [4.69, 9.17) is 5.11 Å². The summed E-state index contributed by atoms with van der Waals surface area (Å²) in [6.07, 6.45) is 2.48. The Morgan fingerprint density at radius 3 is 2.71 bits per heavy atom. The standard InChI is InChI=1S/C16H26N4O3S/c1-4-14-19-13(9-24-14)10(3)17-16(23)18-11-6-12(7-11)20(5-2)8-15(21)22/h9-12H,4-8H2,1-3H3,(H,21,22)(H2,17,18,23). The molecule has 0 spiro atoms. The van der Waals surface area contributed by atoms with Crippen molar-refractivity contribution in [2.45, 2.75) is 58.2 Å². The number of rotatable bonds is 8. The van der Waals surface area contributed by atoms with Gasteiger partial charge in [-0.1, -0.05) is 13.8 Å². The summed E-state index contributed by atoms with van der Waals surface area (Å²) in [7, 11) is 0. The lowest BCUT2D eigenvalue weighted by Crippen LogP contribution is -2.56. The molecule has 8 heteroatoms. The summed E-state index contributed by atoms with van der Waals surface area (Å²) in [5.74, 6) is -0.811. The number of amides is 2. The Labute approximate surface area is 146 Å². The van der Waals surface area contributed by atoms with E-state index in [1.54, 1.807) is 11.3 Å². The van der Waals surface area contributed by atoms with E-state index < -0.39 is 5.97 Å². The number of nitrogens with zero attached hydrogens (tertiary/aromatic N) is 2. The summed E-state index contributed by atoms with van der Waals surface area (Å²) in [5.41, 5.74) is 0.886. The van der Waals surface area contributed by atoms with Crippen LogP contribution in [0.1, 0.15) is 50.4 Å². The number of nitrogens with one attached hydrogen (secondary N) is 2. The monoisotopic (exact) mass is 354 g/mol.